The Morgan fingerprint density at radius 3 is 2.40 bits per heavy atom. The van der Waals surface area contributed by atoms with Crippen LogP contribution in [0.2, 0.25) is 0 Å². The van der Waals surface area contributed by atoms with Crippen molar-refractivity contribution in [2.45, 2.75) is 30.1 Å². The summed E-state index contributed by atoms with van der Waals surface area (Å²) >= 11 is 1.64. The standard InChI is InChI=1S/C20H18N4S/c1-25-14-8-6-13(7-9-14)18-16-5-3-2-4-15(16)17(10-21)19(24)20(18,11-22)12-23/h4,6-9,16,18H,2-3,5,24H2,1H3/t16-,18+/m1/s1. The van der Waals surface area contributed by atoms with Crippen molar-refractivity contribution < 1.29 is 0 Å². The largest absolute Gasteiger partial charge is 0.399 e. The number of nitriles is 3. The third-order valence-electron chi connectivity index (χ3n) is 5.27. The van der Waals surface area contributed by atoms with Crippen LogP contribution in [0.5, 0.6) is 0 Å². The van der Waals surface area contributed by atoms with Crippen LogP contribution < -0.4 is 5.73 Å². The molecule has 2 aliphatic rings. The number of benzene rings is 1. The SMILES string of the molecule is CSc1ccc([C@H]2[C@@H]3CCCC=C3C(C#N)=C(N)C2(C#N)C#N)cc1. The lowest BCUT2D eigenvalue weighted by Crippen LogP contribution is -2.42. The molecule has 0 heterocycles. The van der Waals surface area contributed by atoms with Gasteiger partial charge in [0.25, 0.3) is 0 Å². The van der Waals surface area contributed by atoms with Crippen LogP contribution in [0.25, 0.3) is 0 Å². The zero-order valence-electron chi connectivity index (χ0n) is 14.0. The Morgan fingerprint density at radius 1 is 1.16 bits per heavy atom. The number of nitrogens with zero attached hydrogens (tertiary/aromatic N) is 3. The number of fused-ring (bicyclic) bond motifs is 1. The Bertz CT molecular complexity index is 860. The Kier molecular flexibility index (Phi) is 4.58. The summed E-state index contributed by atoms with van der Waals surface area (Å²) in [5.41, 5.74) is 7.00. The van der Waals surface area contributed by atoms with Gasteiger partial charge in [-0.3, -0.25) is 0 Å². The third kappa shape index (κ3) is 2.51. The van der Waals surface area contributed by atoms with Gasteiger partial charge in [0.1, 0.15) is 6.07 Å². The molecular weight excluding hydrogens is 328 g/mol. The predicted octanol–water partition coefficient (Wildman–Crippen LogP) is 4.00. The van der Waals surface area contributed by atoms with Gasteiger partial charge >= 0.3 is 0 Å². The smallest absolute Gasteiger partial charge is 0.191 e. The Morgan fingerprint density at radius 2 is 1.84 bits per heavy atom. The number of rotatable bonds is 2. The lowest BCUT2D eigenvalue weighted by Gasteiger charge is -2.43. The van der Waals surface area contributed by atoms with E-state index in [-0.39, 0.29) is 17.5 Å². The molecule has 124 valence electrons. The Balaban J connectivity index is 2.27. The fourth-order valence-electron chi connectivity index (χ4n) is 4.06. The molecule has 0 fully saturated rings. The van der Waals surface area contributed by atoms with Crippen LogP contribution in [0.4, 0.5) is 0 Å². The minimum atomic E-state index is -1.51. The maximum Gasteiger partial charge on any atom is 0.191 e. The van der Waals surface area contributed by atoms with E-state index in [9.17, 15) is 15.8 Å². The molecule has 0 aromatic heterocycles. The molecule has 25 heavy (non-hydrogen) atoms. The van der Waals surface area contributed by atoms with Gasteiger partial charge in [0, 0.05) is 10.8 Å². The van der Waals surface area contributed by atoms with Crippen molar-refractivity contribution in [3.63, 3.8) is 0 Å². The van der Waals surface area contributed by atoms with Crippen LogP contribution in [-0.4, -0.2) is 6.26 Å². The molecule has 0 amide bonds. The van der Waals surface area contributed by atoms with E-state index in [1.807, 2.05) is 30.5 Å². The third-order valence-corrected chi connectivity index (χ3v) is 6.02. The second kappa shape index (κ2) is 6.67. The van der Waals surface area contributed by atoms with E-state index in [1.165, 1.54) is 0 Å². The number of allylic oxidation sites excluding steroid dienone is 4. The second-order valence-corrected chi connectivity index (χ2v) is 7.26. The van der Waals surface area contributed by atoms with Crippen molar-refractivity contribution in [1.82, 2.24) is 0 Å². The Labute approximate surface area is 152 Å². The van der Waals surface area contributed by atoms with Gasteiger partial charge in [-0.25, -0.2) is 0 Å². The van der Waals surface area contributed by atoms with Crippen LogP contribution in [-0.2, 0) is 0 Å². The highest BCUT2D eigenvalue weighted by Crippen LogP contribution is 2.55. The molecule has 5 heteroatoms. The molecule has 0 aliphatic heterocycles. The minimum absolute atomic E-state index is 0.0323. The fourth-order valence-corrected chi connectivity index (χ4v) is 4.47. The molecule has 3 rings (SSSR count). The monoisotopic (exact) mass is 346 g/mol. The topological polar surface area (TPSA) is 97.4 Å². The molecule has 4 nitrogen and oxygen atoms in total. The lowest BCUT2D eigenvalue weighted by atomic mass is 9.57. The van der Waals surface area contributed by atoms with Gasteiger partial charge in [-0.2, -0.15) is 15.8 Å². The van der Waals surface area contributed by atoms with Crippen molar-refractivity contribution in [2.75, 3.05) is 6.26 Å². The summed E-state index contributed by atoms with van der Waals surface area (Å²) in [4.78, 5) is 1.12. The van der Waals surface area contributed by atoms with Crippen molar-refractivity contribution in [3.05, 3.63) is 52.7 Å². The molecule has 2 aliphatic carbocycles. The van der Waals surface area contributed by atoms with E-state index >= 15 is 0 Å². The van der Waals surface area contributed by atoms with Crippen LogP contribution in [0.15, 0.2) is 52.1 Å². The maximum absolute atomic E-state index is 9.93. The first-order valence-corrected chi connectivity index (χ1v) is 9.42. The molecule has 2 N–H and O–H groups in total. The highest BCUT2D eigenvalue weighted by Gasteiger charge is 2.53. The van der Waals surface area contributed by atoms with Gasteiger partial charge < -0.3 is 5.73 Å². The molecule has 0 spiro atoms. The first kappa shape index (κ1) is 17.2. The molecule has 1 aromatic rings. The number of hydrogen-bond donors (Lipinski definition) is 1. The average molecular weight is 346 g/mol. The van der Waals surface area contributed by atoms with Gasteiger partial charge in [-0.05, 0) is 54.7 Å². The number of hydrogen-bond acceptors (Lipinski definition) is 5. The van der Waals surface area contributed by atoms with E-state index in [0.29, 0.717) is 5.57 Å². The summed E-state index contributed by atoms with van der Waals surface area (Å²) in [5.74, 6) is -0.391. The van der Waals surface area contributed by atoms with Gasteiger partial charge in [-0.1, -0.05) is 18.2 Å². The van der Waals surface area contributed by atoms with E-state index < -0.39 is 5.41 Å². The summed E-state index contributed by atoms with van der Waals surface area (Å²) in [5, 5.41) is 29.5. The van der Waals surface area contributed by atoms with E-state index in [1.54, 1.807) is 11.8 Å². The summed E-state index contributed by atoms with van der Waals surface area (Å²) in [6, 6.07) is 14.5. The average Bonchev–Trinajstić information content (AvgIpc) is 2.67. The Hall–Kier alpha value is -2.68. The minimum Gasteiger partial charge on any atom is -0.399 e. The van der Waals surface area contributed by atoms with Gasteiger partial charge in [0.2, 0.25) is 0 Å². The fraction of sp³-hybridized carbons (Fsp3) is 0.350. The van der Waals surface area contributed by atoms with Crippen molar-refractivity contribution in [3.8, 4) is 18.2 Å². The van der Waals surface area contributed by atoms with Gasteiger partial charge in [0.15, 0.2) is 5.41 Å². The summed E-state index contributed by atoms with van der Waals surface area (Å²) < 4.78 is 0. The summed E-state index contributed by atoms with van der Waals surface area (Å²) in [6.45, 7) is 0. The molecule has 0 saturated carbocycles. The van der Waals surface area contributed by atoms with Crippen molar-refractivity contribution in [1.29, 1.82) is 15.8 Å². The molecule has 0 bridgehead atoms. The number of thioether (sulfide) groups is 1. The molecule has 0 saturated heterocycles. The van der Waals surface area contributed by atoms with E-state index in [2.05, 4.69) is 24.3 Å². The van der Waals surface area contributed by atoms with E-state index in [0.717, 1.165) is 35.3 Å². The quantitative estimate of drug-likeness (QED) is 0.816. The molecule has 2 atom stereocenters. The second-order valence-electron chi connectivity index (χ2n) is 6.38. The zero-order valence-corrected chi connectivity index (χ0v) is 14.8. The predicted molar refractivity (Wildman–Crippen MR) is 96.9 cm³/mol. The normalized spacial score (nSPS) is 24.3. The first-order chi connectivity index (χ1) is 12.1. The molecular formula is C20H18N4S. The zero-order chi connectivity index (χ0) is 18.0. The maximum atomic E-state index is 9.93. The summed E-state index contributed by atoms with van der Waals surface area (Å²) in [6.07, 6.45) is 6.80. The lowest BCUT2D eigenvalue weighted by molar-refractivity contribution is 0.317. The van der Waals surface area contributed by atoms with Crippen LogP contribution >= 0.6 is 11.8 Å². The van der Waals surface area contributed by atoms with Gasteiger partial charge in [-0.15, -0.1) is 11.8 Å². The highest BCUT2D eigenvalue weighted by atomic mass is 32.2. The van der Waals surface area contributed by atoms with Gasteiger partial charge in [0.05, 0.1) is 23.4 Å². The van der Waals surface area contributed by atoms with Crippen LogP contribution in [0.1, 0.15) is 30.7 Å². The molecule has 0 radical (unpaired) electrons. The molecule has 1 aromatic carbocycles. The van der Waals surface area contributed by atoms with Crippen LogP contribution in [0.3, 0.4) is 0 Å². The molecule has 0 unspecified atom stereocenters. The van der Waals surface area contributed by atoms with E-state index in [4.69, 9.17) is 5.73 Å². The van der Waals surface area contributed by atoms with Crippen molar-refractivity contribution in [2.24, 2.45) is 17.1 Å². The highest BCUT2D eigenvalue weighted by molar-refractivity contribution is 7.98. The number of nitrogens with two attached hydrogens (primary N) is 1. The summed E-state index contributed by atoms with van der Waals surface area (Å²) in [7, 11) is 0. The van der Waals surface area contributed by atoms with Crippen molar-refractivity contribution >= 4 is 11.8 Å². The first-order valence-electron chi connectivity index (χ1n) is 8.20. The van der Waals surface area contributed by atoms with Crippen LogP contribution in [0, 0.1) is 45.3 Å².